The summed E-state index contributed by atoms with van der Waals surface area (Å²) in [4.78, 5) is 25.3. The molecule has 0 aliphatic carbocycles. The zero-order chi connectivity index (χ0) is 17.9. The fourth-order valence-corrected chi connectivity index (χ4v) is 3.15. The molecule has 0 radical (unpaired) electrons. The Bertz CT molecular complexity index is 914. The molecule has 25 heavy (non-hydrogen) atoms. The molecule has 3 rings (SSSR count). The lowest BCUT2D eigenvalue weighted by Crippen LogP contribution is -2.24. The molecule has 0 spiro atoms. The van der Waals surface area contributed by atoms with Crippen molar-refractivity contribution in [3.8, 4) is 6.07 Å². The molecule has 1 aliphatic rings. The molecule has 0 unspecified atom stereocenters. The molecule has 7 heteroatoms. The van der Waals surface area contributed by atoms with E-state index >= 15 is 0 Å². The number of Topliss-reactive ketones (excluding diaryl/α,β-unsaturated/α-hetero) is 1. The zero-order valence-corrected chi connectivity index (χ0v) is 14.3. The number of ketones is 1. The first-order valence-corrected chi connectivity index (χ1v) is 8.42. The van der Waals surface area contributed by atoms with Gasteiger partial charge >= 0.3 is 0 Å². The van der Waals surface area contributed by atoms with E-state index in [9.17, 15) is 4.79 Å². The van der Waals surface area contributed by atoms with Crippen LogP contribution in [0.15, 0.2) is 53.1 Å². The number of carbonyl (C=O) groups excluding carboxylic acids is 1. The average molecular weight is 349 g/mol. The SMILES string of the molecule is C[C@@]1(c2cc(CC(=O)c3ccc(C#N)cn3)ccn2)C=CSC(N)=N1. The molecule has 0 aromatic carbocycles. The molecule has 0 bridgehead atoms. The van der Waals surface area contributed by atoms with Gasteiger partial charge in [0.15, 0.2) is 11.0 Å². The van der Waals surface area contributed by atoms with E-state index in [2.05, 4.69) is 15.0 Å². The Labute approximate surface area is 149 Å². The summed E-state index contributed by atoms with van der Waals surface area (Å²) in [6.07, 6.45) is 5.19. The Hall–Kier alpha value is -2.98. The van der Waals surface area contributed by atoms with Crippen molar-refractivity contribution in [3.05, 3.63) is 70.7 Å². The van der Waals surface area contributed by atoms with Crippen molar-refractivity contribution < 1.29 is 4.79 Å². The Balaban J connectivity index is 1.82. The number of carbonyl (C=O) groups is 1. The largest absolute Gasteiger partial charge is 0.378 e. The van der Waals surface area contributed by atoms with Crippen molar-refractivity contribution in [2.45, 2.75) is 18.9 Å². The lowest BCUT2D eigenvalue weighted by molar-refractivity contribution is 0.0988. The number of hydrogen-bond donors (Lipinski definition) is 1. The van der Waals surface area contributed by atoms with E-state index in [-0.39, 0.29) is 12.2 Å². The lowest BCUT2D eigenvalue weighted by Gasteiger charge is -2.24. The number of amidine groups is 1. The van der Waals surface area contributed by atoms with Crippen molar-refractivity contribution in [1.82, 2.24) is 9.97 Å². The van der Waals surface area contributed by atoms with Gasteiger partial charge in [-0.05, 0) is 48.2 Å². The first-order chi connectivity index (χ1) is 12.0. The summed E-state index contributed by atoms with van der Waals surface area (Å²) >= 11 is 1.36. The maximum absolute atomic E-state index is 12.4. The predicted octanol–water partition coefficient (Wildman–Crippen LogP) is 2.56. The highest BCUT2D eigenvalue weighted by molar-refractivity contribution is 8.16. The number of thioether (sulfide) groups is 1. The minimum absolute atomic E-state index is 0.121. The standard InChI is InChI=1S/C18H15N5OS/c1-18(5-7-25-17(20)23-18)16-9-12(4-6-21-16)8-15(24)14-3-2-13(10-19)11-22-14/h2-7,9,11H,8H2,1H3,(H2,20,23)/t18-/m0/s1. The molecule has 0 saturated carbocycles. The number of hydrogen-bond acceptors (Lipinski definition) is 7. The highest BCUT2D eigenvalue weighted by Gasteiger charge is 2.27. The van der Waals surface area contributed by atoms with Gasteiger partial charge < -0.3 is 5.73 Å². The Morgan fingerprint density at radius 1 is 1.36 bits per heavy atom. The normalized spacial score (nSPS) is 19.1. The molecule has 124 valence electrons. The van der Waals surface area contributed by atoms with Crippen LogP contribution in [0, 0.1) is 11.3 Å². The first-order valence-electron chi connectivity index (χ1n) is 7.54. The second-order valence-electron chi connectivity index (χ2n) is 5.71. The van der Waals surface area contributed by atoms with Crippen molar-refractivity contribution in [2.75, 3.05) is 0 Å². The van der Waals surface area contributed by atoms with Gasteiger partial charge in [-0.15, -0.1) is 0 Å². The van der Waals surface area contributed by atoms with Gasteiger partial charge in [0, 0.05) is 18.8 Å². The quantitative estimate of drug-likeness (QED) is 0.851. The maximum Gasteiger partial charge on any atom is 0.185 e. The van der Waals surface area contributed by atoms with Gasteiger partial charge in [-0.1, -0.05) is 11.8 Å². The first kappa shape index (κ1) is 16.9. The monoisotopic (exact) mass is 349 g/mol. The fraction of sp³-hybridized carbons (Fsp3) is 0.167. The zero-order valence-electron chi connectivity index (χ0n) is 13.5. The van der Waals surface area contributed by atoms with Crippen LogP contribution in [0.25, 0.3) is 0 Å². The van der Waals surface area contributed by atoms with Crippen LogP contribution in [0.3, 0.4) is 0 Å². The summed E-state index contributed by atoms with van der Waals surface area (Å²) in [5.74, 6) is -0.121. The molecular formula is C18H15N5OS. The molecule has 1 aliphatic heterocycles. The molecule has 3 heterocycles. The molecule has 2 aromatic heterocycles. The van der Waals surface area contributed by atoms with Crippen LogP contribution in [0.5, 0.6) is 0 Å². The van der Waals surface area contributed by atoms with E-state index in [0.29, 0.717) is 16.4 Å². The van der Waals surface area contributed by atoms with Gasteiger partial charge in [-0.2, -0.15) is 5.26 Å². The molecule has 2 aromatic rings. The second kappa shape index (κ2) is 6.87. The smallest absolute Gasteiger partial charge is 0.185 e. The molecule has 0 saturated heterocycles. The number of aliphatic imine (C=N–C) groups is 1. The highest BCUT2D eigenvalue weighted by Crippen LogP contribution is 2.31. The van der Waals surface area contributed by atoms with Gasteiger partial charge in [0.2, 0.25) is 0 Å². The molecular weight excluding hydrogens is 334 g/mol. The van der Waals surface area contributed by atoms with E-state index < -0.39 is 5.54 Å². The third kappa shape index (κ3) is 3.75. The summed E-state index contributed by atoms with van der Waals surface area (Å²) in [5.41, 5.74) is 7.48. The van der Waals surface area contributed by atoms with E-state index in [0.717, 1.165) is 11.3 Å². The van der Waals surface area contributed by atoms with Crippen LogP contribution in [-0.2, 0) is 12.0 Å². The van der Waals surface area contributed by atoms with Crippen LogP contribution >= 0.6 is 11.8 Å². The minimum Gasteiger partial charge on any atom is -0.378 e. The van der Waals surface area contributed by atoms with Crippen molar-refractivity contribution in [3.63, 3.8) is 0 Å². The van der Waals surface area contributed by atoms with Crippen LogP contribution in [0.1, 0.15) is 34.2 Å². The third-order valence-electron chi connectivity index (χ3n) is 3.81. The molecule has 0 fully saturated rings. The second-order valence-corrected chi connectivity index (χ2v) is 6.64. The summed E-state index contributed by atoms with van der Waals surface area (Å²) in [7, 11) is 0. The molecule has 1 atom stereocenters. The summed E-state index contributed by atoms with van der Waals surface area (Å²) in [5, 5.41) is 11.2. The van der Waals surface area contributed by atoms with Gasteiger partial charge in [0.05, 0.1) is 11.3 Å². The predicted molar refractivity (Wildman–Crippen MR) is 96.9 cm³/mol. The van der Waals surface area contributed by atoms with Crippen LogP contribution in [0.4, 0.5) is 0 Å². The van der Waals surface area contributed by atoms with Crippen LogP contribution in [-0.4, -0.2) is 20.9 Å². The molecule has 2 N–H and O–H groups in total. The van der Waals surface area contributed by atoms with E-state index in [4.69, 9.17) is 11.0 Å². The van der Waals surface area contributed by atoms with Crippen molar-refractivity contribution in [1.29, 1.82) is 5.26 Å². The molecule has 0 amide bonds. The van der Waals surface area contributed by atoms with E-state index in [1.807, 2.05) is 30.5 Å². The fourth-order valence-electron chi connectivity index (χ4n) is 2.43. The Morgan fingerprint density at radius 2 is 2.20 bits per heavy atom. The maximum atomic E-state index is 12.4. The van der Waals surface area contributed by atoms with E-state index in [1.54, 1.807) is 24.4 Å². The number of nitriles is 1. The van der Waals surface area contributed by atoms with Crippen molar-refractivity contribution >= 4 is 22.7 Å². The van der Waals surface area contributed by atoms with Crippen LogP contribution in [0.2, 0.25) is 0 Å². The van der Waals surface area contributed by atoms with Gasteiger partial charge in [-0.25, -0.2) is 4.99 Å². The number of rotatable bonds is 4. The lowest BCUT2D eigenvalue weighted by atomic mass is 9.95. The number of nitrogens with zero attached hydrogens (tertiary/aromatic N) is 4. The number of aromatic nitrogens is 2. The molecule has 6 nitrogen and oxygen atoms in total. The summed E-state index contributed by atoms with van der Waals surface area (Å²) in [6, 6.07) is 8.79. The highest BCUT2D eigenvalue weighted by atomic mass is 32.2. The Morgan fingerprint density at radius 3 is 2.88 bits per heavy atom. The summed E-state index contributed by atoms with van der Waals surface area (Å²) in [6.45, 7) is 1.92. The van der Waals surface area contributed by atoms with E-state index in [1.165, 1.54) is 18.0 Å². The summed E-state index contributed by atoms with van der Waals surface area (Å²) < 4.78 is 0. The van der Waals surface area contributed by atoms with Crippen LogP contribution < -0.4 is 5.73 Å². The third-order valence-corrected chi connectivity index (χ3v) is 4.41. The topological polar surface area (TPSA) is 105 Å². The number of pyridine rings is 2. The van der Waals surface area contributed by atoms with Gasteiger partial charge in [-0.3, -0.25) is 14.8 Å². The Kier molecular flexibility index (Phi) is 4.63. The van der Waals surface area contributed by atoms with Crippen molar-refractivity contribution in [2.24, 2.45) is 10.7 Å². The number of nitrogens with two attached hydrogens (primary N) is 1. The van der Waals surface area contributed by atoms with Gasteiger partial charge in [0.25, 0.3) is 0 Å². The average Bonchev–Trinajstić information content (AvgIpc) is 2.62. The minimum atomic E-state index is -0.638. The van der Waals surface area contributed by atoms with Gasteiger partial charge in [0.1, 0.15) is 17.3 Å².